The molecule has 0 atom stereocenters. The molecule has 1 aromatic heterocycles. The van der Waals surface area contributed by atoms with Gasteiger partial charge in [-0.2, -0.15) is 0 Å². The summed E-state index contributed by atoms with van der Waals surface area (Å²) < 4.78 is 0. The number of allylic oxidation sites excluding steroid dienone is 2. The van der Waals surface area contributed by atoms with Crippen LogP contribution in [0.4, 0.5) is 5.82 Å². The van der Waals surface area contributed by atoms with E-state index in [0.717, 1.165) is 12.1 Å². The number of anilines is 1. The van der Waals surface area contributed by atoms with Crippen LogP contribution in [0, 0.1) is 5.41 Å². The molecule has 0 spiro atoms. The molecule has 0 radical (unpaired) electrons. The lowest BCUT2D eigenvalue weighted by Crippen LogP contribution is -2.26. The first-order chi connectivity index (χ1) is 9.88. The molecule has 1 aliphatic heterocycles. The second kappa shape index (κ2) is 4.76. The Hall–Kier alpha value is -2.04. The van der Waals surface area contributed by atoms with Crippen molar-refractivity contribution in [3.05, 3.63) is 23.7 Å². The van der Waals surface area contributed by atoms with Crippen molar-refractivity contribution in [1.82, 2.24) is 9.97 Å². The first-order valence-electron chi connectivity index (χ1n) is 7.29. The van der Waals surface area contributed by atoms with E-state index in [4.69, 9.17) is 0 Å². The number of rotatable bonds is 2. The average molecular weight is 285 g/mol. The highest BCUT2D eigenvalue weighted by atomic mass is 16.2. The van der Waals surface area contributed by atoms with Crippen LogP contribution in [0.2, 0.25) is 0 Å². The minimum absolute atomic E-state index is 0.0699. The Morgan fingerprint density at radius 3 is 2.71 bits per heavy atom. The van der Waals surface area contributed by atoms with Gasteiger partial charge in [-0.1, -0.05) is 26.8 Å². The third-order valence-corrected chi connectivity index (χ3v) is 3.87. The second-order valence-electron chi connectivity index (χ2n) is 6.57. The summed E-state index contributed by atoms with van der Waals surface area (Å²) in [5.41, 5.74) is 1.65. The lowest BCUT2D eigenvalue weighted by molar-refractivity contribution is -0.120. The van der Waals surface area contributed by atoms with Crippen LogP contribution in [-0.4, -0.2) is 28.2 Å². The Kier molecular flexibility index (Phi) is 3.15. The lowest BCUT2D eigenvalue weighted by atomic mass is 9.86. The van der Waals surface area contributed by atoms with Crippen LogP contribution in [0.25, 0.3) is 5.57 Å². The fraction of sp³-hybridized carbons (Fsp3) is 0.500. The van der Waals surface area contributed by atoms with Crippen LogP contribution < -0.4 is 4.90 Å². The van der Waals surface area contributed by atoms with Gasteiger partial charge in [-0.3, -0.25) is 19.5 Å². The van der Waals surface area contributed by atoms with Crippen LogP contribution in [0.5, 0.6) is 0 Å². The summed E-state index contributed by atoms with van der Waals surface area (Å²) >= 11 is 0. The van der Waals surface area contributed by atoms with Crippen molar-refractivity contribution in [3.8, 4) is 0 Å². The standard InChI is InChI=1S/C16H19N3O2/c1-16(2,3)15(21)10-6-7-11-14(10)18-12(9-17-11)19-8-4-5-13(19)20/h6,9H,4-5,7-8H2,1-3H3. The molecule has 0 bridgehead atoms. The molecule has 1 amide bonds. The Bertz CT molecular complexity index is 656. The van der Waals surface area contributed by atoms with Gasteiger partial charge in [-0.05, 0) is 6.42 Å². The number of carbonyl (C=O) groups is 2. The largest absolute Gasteiger partial charge is 0.296 e. The molecular formula is C16H19N3O2. The summed E-state index contributed by atoms with van der Waals surface area (Å²) in [5.74, 6) is 0.709. The molecule has 1 aromatic rings. The van der Waals surface area contributed by atoms with E-state index in [2.05, 4.69) is 9.97 Å². The van der Waals surface area contributed by atoms with Gasteiger partial charge in [0.1, 0.15) is 0 Å². The molecular weight excluding hydrogens is 266 g/mol. The van der Waals surface area contributed by atoms with E-state index in [0.29, 0.717) is 36.5 Å². The number of ketones is 1. The fourth-order valence-electron chi connectivity index (χ4n) is 2.69. The third kappa shape index (κ3) is 2.37. The molecule has 2 aliphatic rings. The van der Waals surface area contributed by atoms with Gasteiger partial charge in [0.05, 0.1) is 17.6 Å². The molecule has 1 aliphatic carbocycles. The number of Topliss-reactive ketones (excluding diaryl/α,β-unsaturated/α-hetero) is 1. The number of hydrogen-bond acceptors (Lipinski definition) is 4. The zero-order chi connectivity index (χ0) is 15.2. The number of hydrogen-bond donors (Lipinski definition) is 0. The van der Waals surface area contributed by atoms with Gasteiger partial charge in [0, 0.05) is 30.4 Å². The van der Waals surface area contributed by atoms with E-state index in [-0.39, 0.29) is 11.7 Å². The summed E-state index contributed by atoms with van der Waals surface area (Å²) in [7, 11) is 0. The van der Waals surface area contributed by atoms with Crippen molar-refractivity contribution in [1.29, 1.82) is 0 Å². The van der Waals surface area contributed by atoms with Gasteiger partial charge in [0.15, 0.2) is 11.6 Å². The molecule has 3 rings (SSSR count). The average Bonchev–Trinajstić information content (AvgIpc) is 3.02. The number of fused-ring (bicyclic) bond motifs is 1. The molecule has 2 heterocycles. The lowest BCUT2D eigenvalue weighted by Gasteiger charge is -2.19. The molecule has 1 fully saturated rings. The summed E-state index contributed by atoms with van der Waals surface area (Å²) in [4.78, 5) is 34.9. The van der Waals surface area contributed by atoms with Gasteiger partial charge in [-0.15, -0.1) is 0 Å². The van der Waals surface area contributed by atoms with Gasteiger partial charge in [0.25, 0.3) is 0 Å². The summed E-state index contributed by atoms with van der Waals surface area (Å²) in [6.07, 6.45) is 5.57. The van der Waals surface area contributed by atoms with E-state index in [1.54, 1.807) is 11.1 Å². The second-order valence-corrected chi connectivity index (χ2v) is 6.57. The molecule has 5 heteroatoms. The Balaban J connectivity index is 1.97. The van der Waals surface area contributed by atoms with Crippen LogP contribution in [0.3, 0.4) is 0 Å². The van der Waals surface area contributed by atoms with Crippen molar-refractivity contribution < 1.29 is 9.59 Å². The Morgan fingerprint density at radius 1 is 1.33 bits per heavy atom. The summed E-state index contributed by atoms with van der Waals surface area (Å²) in [5, 5.41) is 0. The molecule has 110 valence electrons. The monoisotopic (exact) mass is 285 g/mol. The molecule has 1 saturated heterocycles. The maximum Gasteiger partial charge on any atom is 0.228 e. The normalized spacial score (nSPS) is 18.0. The number of nitrogens with zero attached hydrogens (tertiary/aromatic N) is 3. The van der Waals surface area contributed by atoms with Crippen LogP contribution in [0.15, 0.2) is 12.3 Å². The fourth-order valence-corrected chi connectivity index (χ4v) is 2.69. The zero-order valence-electron chi connectivity index (χ0n) is 12.6. The minimum Gasteiger partial charge on any atom is -0.296 e. The molecule has 0 unspecified atom stereocenters. The van der Waals surface area contributed by atoms with Crippen molar-refractivity contribution in [3.63, 3.8) is 0 Å². The number of amides is 1. The SMILES string of the molecule is CC(C)(C)C(=O)C1=CCc2ncc(N3CCCC3=O)nc21. The maximum absolute atomic E-state index is 12.5. The Morgan fingerprint density at radius 2 is 2.10 bits per heavy atom. The van der Waals surface area contributed by atoms with E-state index in [1.807, 2.05) is 26.8 Å². The predicted octanol–water partition coefficient (Wildman–Crippen LogP) is 2.16. The van der Waals surface area contributed by atoms with E-state index >= 15 is 0 Å². The topological polar surface area (TPSA) is 63.2 Å². The maximum atomic E-state index is 12.5. The van der Waals surface area contributed by atoms with Crippen molar-refractivity contribution >= 4 is 23.1 Å². The first-order valence-corrected chi connectivity index (χ1v) is 7.29. The van der Waals surface area contributed by atoms with Crippen molar-refractivity contribution in [2.24, 2.45) is 5.41 Å². The third-order valence-electron chi connectivity index (χ3n) is 3.87. The van der Waals surface area contributed by atoms with E-state index in [9.17, 15) is 9.59 Å². The molecule has 21 heavy (non-hydrogen) atoms. The minimum atomic E-state index is -0.450. The molecule has 0 aromatic carbocycles. The van der Waals surface area contributed by atoms with Crippen molar-refractivity contribution in [2.75, 3.05) is 11.4 Å². The van der Waals surface area contributed by atoms with Crippen LogP contribution in [-0.2, 0) is 16.0 Å². The highest BCUT2D eigenvalue weighted by Gasteiger charge is 2.32. The van der Waals surface area contributed by atoms with Gasteiger partial charge in [-0.25, -0.2) is 4.98 Å². The van der Waals surface area contributed by atoms with E-state index in [1.165, 1.54) is 0 Å². The van der Waals surface area contributed by atoms with Gasteiger partial charge >= 0.3 is 0 Å². The van der Waals surface area contributed by atoms with E-state index < -0.39 is 5.41 Å². The molecule has 5 nitrogen and oxygen atoms in total. The highest BCUT2D eigenvalue weighted by molar-refractivity contribution is 6.23. The smallest absolute Gasteiger partial charge is 0.228 e. The summed E-state index contributed by atoms with van der Waals surface area (Å²) in [6, 6.07) is 0. The highest BCUT2D eigenvalue weighted by Crippen LogP contribution is 2.33. The summed E-state index contributed by atoms with van der Waals surface area (Å²) in [6.45, 7) is 6.37. The van der Waals surface area contributed by atoms with Gasteiger partial charge < -0.3 is 0 Å². The predicted molar refractivity (Wildman–Crippen MR) is 79.8 cm³/mol. The van der Waals surface area contributed by atoms with Crippen molar-refractivity contribution in [2.45, 2.75) is 40.0 Å². The van der Waals surface area contributed by atoms with Gasteiger partial charge in [0.2, 0.25) is 5.91 Å². The quantitative estimate of drug-likeness (QED) is 0.835. The van der Waals surface area contributed by atoms with Crippen LogP contribution >= 0.6 is 0 Å². The molecule has 0 saturated carbocycles. The Labute approximate surface area is 124 Å². The first kappa shape index (κ1) is 13.9. The number of carbonyl (C=O) groups excluding carboxylic acids is 2. The zero-order valence-corrected chi connectivity index (χ0v) is 12.6. The van der Waals surface area contributed by atoms with Crippen LogP contribution in [0.1, 0.15) is 45.0 Å². The molecule has 0 N–H and O–H groups in total. The number of aromatic nitrogens is 2.